The van der Waals surface area contributed by atoms with Crippen LogP contribution in [0.3, 0.4) is 0 Å². The van der Waals surface area contributed by atoms with Crippen molar-refractivity contribution in [1.82, 2.24) is 4.98 Å². The van der Waals surface area contributed by atoms with Crippen LogP contribution in [0.25, 0.3) is 0 Å². The lowest BCUT2D eigenvalue weighted by molar-refractivity contribution is 0.0594. The Morgan fingerprint density at radius 1 is 0.846 bits per heavy atom. The second kappa shape index (κ2) is 8.07. The molecular formula is C21H18N2O3. The quantitative estimate of drug-likeness (QED) is 0.661. The van der Waals surface area contributed by atoms with Gasteiger partial charge in [0.15, 0.2) is 0 Å². The zero-order valence-electron chi connectivity index (χ0n) is 14.3. The normalized spacial score (nSPS) is 10.2. The first kappa shape index (κ1) is 17.4. The summed E-state index contributed by atoms with van der Waals surface area (Å²) in [6, 6.07) is 23.8. The number of pyridine rings is 1. The highest BCUT2D eigenvalue weighted by Crippen LogP contribution is 2.19. The molecule has 5 nitrogen and oxygen atoms in total. The van der Waals surface area contributed by atoms with Crippen LogP contribution in [0.15, 0.2) is 78.9 Å². The lowest BCUT2D eigenvalue weighted by atomic mass is 10.1. The van der Waals surface area contributed by atoms with Crippen molar-refractivity contribution < 1.29 is 14.3 Å². The fourth-order valence-corrected chi connectivity index (χ4v) is 2.56. The summed E-state index contributed by atoms with van der Waals surface area (Å²) in [6.45, 7) is 0.397. The standard InChI is InChI=1S/C21H18N2O3/c1-26-21(25)19-14-8-13-18(22-19)20(24)23(17-11-6-3-7-12-17)15-16-9-4-2-5-10-16/h2-14H,15H2,1H3. The second-order valence-electron chi connectivity index (χ2n) is 5.61. The van der Waals surface area contributed by atoms with Gasteiger partial charge in [-0.3, -0.25) is 4.79 Å². The van der Waals surface area contributed by atoms with E-state index in [0.29, 0.717) is 6.54 Å². The van der Waals surface area contributed by atoms with Crippen LogP contribution in [-0.4, -0.2) is 24.0 Å². The summed E-state index contributed by atoms with van der Waals surface area (Å²) in [6.07, 6.45) is 0. The Hall–Kier alpha value is -3.47. The highest BCUT2D eigenvalue weighted by atomic mass is 16.5. The van der Waals surface area contributed by atoms with Gasteiger partial charge in [0.1, 0.15) is 11.4 Å². The molecule has 0 aliphatic rings. The van der Waals surface area contributed by atoms with Crippen LogP contribution in [0.4, 0.5) is 5.69 Å². The molecule has 3 aromatic rings. The van der Waals surface area contributed by atoms with Gasteiger partial charge >= 0.3 is 5.97 Å². The molecule has 5 heteroatoms. The molecule has 0 radical (unpaired) electrons. The monoisotopic (exact) mass is 346 g/mol. The van der Waals surface area contributed by atoms with Crippen molar-refractivity contribution >= 4 is 17.6 Å². The van der Waals surface area contributed by atoms with Gasteiger partial charge in [-0.1, -0.05) is 54.6 Å². The van der Waals surface area contributed by atoms with E-state index in [9.17, 15) is 9.59 Å². The van der Waals surface area contributed by atoms with Crippen molar-refractivity contribution in [3.63, 3.8) is 0 Å². The smallest absolute Gasteiger partial charge is 0.356 e. The Labute approximate surface area is 151 Å². The minimum Gasteiger partial charge on any atom is -0.464 e. The van der Waals surface area contributed by atoms with Crippen LogP contribution >= 0.6 is 0 Å². The maximum atomic E-state index is 13.1. The van der Waals surface area contributed by atoms with Crippen LogP contribution < -0.4 is 4.90 Å². The summed E-state index contributed by atoms with van der Waals surface area (Å²) in [4.78, 5) is 30.6. The van der Waals surface area contributed by atoms with Crippen LogP contribution in [0.2, 0.25) is 0 Å². The molecule has 0 bridgehead atoms. The number of hydrogen-bond donors (Lipinski definition) is 0. The van der Waals surface area contributed by atoms with Gasteiger partial charge in [0.25, 0.3) is 5.91 Å². The average Bonchev–Trinajstić information content (AvgIpc) is 2.72. The lowest BCUT2D eigenvalue weighted by Crippen LogP contribution is -2.31. The summed E-state index contributed by atoms with van der Waals surface area (Å²) in [5, 5.41) is 0. The fraction of sp³-hybridized carbons (Fsp3) is 0.0952. The van der Waals surface area contributed by atoms with Crippen LogP contribution in [0.5, 0.6) is 0 Å². The fourth-order valence-electron chi connectivity index (χ4n) is 2.56. The minimum atomic E-state index is -0.575. The first-order valence-corrected chi connectivity index (χ1v) is 8.15. The number of nitrogens with zero attached hydrogens (tertiary/aromatic N) is 2. The highest BCUT2D eigenvalue weighted by Gasteiger charge is 2.20. The number of hydrogen-bond acceptors (Lipinski definition) is 4. The number of anilines is 1. The number of benzene rings is 2. The molecule has 0 aliphatic heterocycles. The molecule has 3 rings (SSSR count). The number of esters is 1. The molecule has 0 unspecified atom stereocenters. The average molecular weight is 346 g/mol. The van der Waals surface area contributed by atoms with E-state index in [4.69, 9.17) is 0 Å². The predicted molar refractivity (Wildman–Crippen MR) is 99.0 cm³/mol. The topological polar surface area (TPSA) is 59.5 Å². The Balaban J connectivity index is 1.96. The molecule has 1 aromatic heterocycles. The first-order valence-electron chi connectivity index (χ1n) is 8.15. The van der Waals surface area contributed by atoms with E-state index in [-0.39, 0.29) is 17.3 Å². The van der Waals surface area contributed by atoms with Crippen molar-refractivity contribution in [2.45, 2.75) is 6.54 Å². The molecule has 0 spiro atoms. The van der Waals surface area contributed by atoms with Crippen LogP contribution in [-0.2, 0) is 11.3 Å². The molecule has 0 atom stereocenters. The van der Waals surface area contributed by atoms with Gasteiger partial charge in [-0.2, -0.15) is 0 Å². The molecule has 0 saturated carbocycles. The van der Waals surface area contributed by atoms with Crippen molar-refractivity contribution in [1.29, 1.82) is 0 Å². The number of methoxy groups -OCH3 is 1. The summed E-state index contributed by atoms with van der Waals surface area (Å²) in [5.74, 6) is -0.861. The second-order valence-corrected chi connectivity index (χ2v) is 5.61. The Bertz CT molecular complexity index is 895. The summed E-state index contributed by atoms with van der Waals surface area (Å²) in [5.41, 5.74) is 2.04. The predicted octanol–water partition coefficient (Wildman–Crippen LogP) is 3.72. The van der Waals surface area contributed by atoms with Crippen molar-refractivity contribution in [3.05, 3.63) is 95.8 Å². The number of rotatable bonds is 5. The van der Waals surface area contributed by atoms with Crippen LogP contribution in [0.1, 0.15) is 26.5 Å². The molecular weight excluding hydrogens is 328 g/mol. The SMILES string of the molecule is COC(=O)c1cccc(C(=O)N(Cc2ccccc2)c2ccccc2)n1. The minimum absolute atomic E-state index is 0.103. The number of carbonyl (C=O) groups excluding carboxylic acids is 2. The van der Waals surface area contributed by atoms with Gasteiger partial charge in [0, 0.05) is 5.69 Å². The number of amides is 1. The molecule has 0 saturated heterocycles. The summed E-state index contributed by atoms with van der Waals surface area (Å²) in [7, 11) is 1.28. The largest absolute Gasteiger partial charge is 0.464 e. The van der Waals surface area contributed by atoms with Gasteiger partial charge in [-0.25, -0.2) is 9.78 Å². The molecule has 0 aliphatic carbocycles. The van der Waals surface area contributed by atoms with Crippen molar-refractivity contribution in [3.8, 4) is 0 Å². The van der Waals surface area contributed by atoms with E-state index in [1.54, 1.807) is 17.0 Å². The number of para-hydroxylation sites is 1. The molecule has 130 valence electrons. The van der Waals surface area contributed by atoms with Gasteiger partial charge in [-0.15, -0.1) is 0 Å². The maximum Gasteiger partial charge on any atom is 0.356 e. The summed E-state index contributed by atoms with van der Waals surface area (Å²) < 4.78 is 4.69. The van der Waals surface area contributed by atoms with Crippen molar-refractivity contribution in [2.75, 3.05) is 12.0 Å². The van der Waals surface area contributed by atoms with Gasteiger partial charge in [-0.05, 0) is 29.8 Å². The Morgan fingerprint density at radius 2 is 1.46 bits per heavy atom. The molecule has 1 heterocycles. The molecule has 0 fully saturated rings. The lowest BCUT2D eigenvalue weighted by Gasteiger charge is -2.23. The molecule has 1 amide bonds. The summed E-state index contributed by atoms with van der Waals surface area (Å²) >= 11 is 0. The Morgan fingerprint density at radius 3 is 2.12 bits per heavy atom. The molecule has 0 N–H and O–H groups in total. The third-order valence-corrected chi connectivity index (χ3v) is 3.86. The first-order chi connectivity index (χ1) is 12.7. The third-order valence-electron chi connectivity index (χ3n) is 3.86. The third kappa shape index (κ3) is 3.95. The van der Waals surface area contributed by atoms with E-state index >= 15 is 0 Å². The van der Waals surface area contributed by atoms with Gasteiger partial charge < -0.3 is 9.64 Å². The van der Waals surface area contributed by atoms with Gasteiger partial charge in [0.05, 0.1) is 13.7 Å². The zero-order valence-corrected chi connectivity index (χ0v) is 14.3. The van der Waals surface area contributed by atoms with E-state index in [0.717, 1.165) is 11.3 Å². The van der Waals surface area contributed by atoms with Crippen molar-refractivity contribution in [2.24, 2.45) is 0 Å². The van der Waals surface area contributed by atoms with Crippen LogP contribution in [0, 0.1) is 0 Å². The van der Waals surface area contributed by atoms with E-state index in [1.165, 1.54) is 13.2 Å². The highest BCUT2D eigenvalue weighted by molar-refractivity contribution is 6.05. The number of ether oxygens (including phenoxy) is 1. The molecule has 26 heavy (non-hydrogen) atoms. The van der Waals surface area contributed by atoms with E-state index < -0.39 is 5.97 Å². The van der Waals surface area contributed by atoms with E-state index in [1.807, 2.05) is 60.7 Å². The van der Waals surface area contributed by atoms with E-state index in [2.05, 4.69) is 9.72 Å². The zero-order chi connectivity index (χ0) is 18.4. The molecule has 2 aromatic carbocycles. The number of carbonyl (C=O) groups is 2. The number of aromatic nitrogens is 1. The Kier molecular flexibility index (Phi) is 5.39. The van der Waals surface area contributed by atoms with Gasteiger partial charge in [0.2, 0.25) is 0 Å². The maximum absolute atomic E-state index is 13.1.